The Morgan fingerprint density at radius 1 is 1.26 bits per heavy atom. The minimum Gasteiger partial charge on any atom is -0.364 e. The molecule has 7 heteroatoms. The lowest BCUT2D eigenvalue weighted by Gasteiger charge is -2.22. The van der Waals surface area contributed by atoms with E-state index < -0.39 is 6.04 Å². The highest BCUT2D eigenvalue weighted by atomic mass is 16.2. The zero-order valence-electron chi connectivity index (χ0n) is 15.2. The van der Waals surface area contributed by atoms with E-state index in [1.165, 1.54) is 0 Å². The van der Waals surface area contributed by atoms with Crippen molar-refractivity contribution in [3.8, 4) is 11.3 Å². The fourth-order valence-corrected chi connectivity index (χ4v) is 2.77. The highest BCUT2D eigenvalue weighted by Crippen LogP contribution is 2.19. The normalized spacial score (nSPS) is 14.0. The Hall–Kier alpha value is -3.35. The van der Waals surface area contributed by atoms with E-state index in [1.807, 2.05) is 66.6 Å². The number of aromatic amines is 1. The molecule has 27 heavy (non-hydrogen) atoms. The van der Waals surface area contributed by atoms with Gasteiger partial charge in [-0.05, 0) is 24.3 Å². The number of carbonyl (C=O) groups is 2. The van der Waals surface area contributed by atoms with E-state index in [4.69, 9.17) is 0 Å². The molecular weight excluding hydrogens is 342 g/mol. The molecule has 3 rings (SSSR count). The van der Waals surface area contributed by atoms with E-state index in [0.29, 0.717) is 18.8 Å². The van der Waals surface area contributed by atoms with Gasteiger partial charge in [-0.25, -0.2) is 0 Å². The predicted molar refractivity (Wildman–Crippen MR) is 105 cm³/mol. The lowest BCUT2D eigenvalue weighted by atomic mass is 10.1. The van der Waals surface area contributed by atoms with Crippen LogP contribution >= 0.6 is 0 Å². The van der Waals surface area contributed by atoms with Crippen LogP contribution in [0.15, 0.2) is 60.8 Å². The molecule has 1 aromatic carbocycles. The first-order valence-electron chi connectivity index (χ1n) is 8.94. The largest absolute Gasteiger partial charge is 0.364 e. The summed E-state index contributed by atoms with van der Waals surface area (Å²) < 4.78 is 0. The number of carbonyl (C=O) groups excluding carboxylic acids is 2. The van der Waals surface area contributed by atoms with Gasteiger partial charge < -0.3 is 15.5 Å². The maximum atomic E-state index is 12.5. The molecule has 140 valence electrons. The number of rotatable bonds is 7. The average Bonchev–Trinajstić information content (AvgIpc) is 3.16. The molecule has 2 heterocycles. The van der Waals surface area contributed by atoms with Crippen LogP contribution in [0.2, 0.25) is 0 Å². The van der Waals surface area contributed by atoms with E-state index in [9.17, 15) is 9.59 Å². The minimum absolute atomic E-state index is 0.191. The molecule has 1 unspecified atom stereocenters. The predicted octanol–water partition coefficient (Wildman–Crippen LogP) is 2.30. The minimum atomic E-state index is -0.612. The maximum Gasteiger partial charge on any atom is 0.248 e. The molecule has 7 nitrogen and oxygen atoms in total. The molecular formula is C20H23N5O2. The highest BCUT2D eigenvalue weighted by molar-refractivity contribution is 5.97. The first kappa shape index (κ1) is 18.4. The van der Waals surface area contributed by atoms with Crippen molar-refractivity contribution >= 4 is 17.6 Å². The van der Waals surface area contributed by atoms with E-state index in [1.54, 1.807) is 6.07 Å². The molecule has 0 saturated heterocycles. The molecule has 0 aliphatic carbocycles. The van der Waals surface area contributed by atoms with Gasteiger partial charge in [-0.15, -0.1) is 0 Å². The summed E-state index contributed by atoms with van der Waals surface area (Å²) in [4.78, 5) is 26.6. The van der Waals surface area contributed by atoms with Gasteiger partial charge in [0.25, 0.3) is 0 Å². The average molecular weight is 365 g/mol. The van der Waals surface area contributed by atoms with Gasteiger partial charge in [0.05, 0.1) is 12.2 Å². The Morgan fingerprint density at radius 2 is 2.07 bits per heavy atom. The van der Waals surface area contributed by atoms with Crippen molar-refractivity contribution in [3.05, 3.63) is 60.8 Å². The number of anilines is 1. The number of nitrogens with one attached hydrogen (secondary N) is 3. The quantitative estimate of drug-likeness (QED) is 0.702. The monoisotopic (exact) mass is 365 g/mol. The van der Waals surface area contributed by atoms with Crippen molar-refractivity contribution in [3.63, 3.8) is 0 Å². The van der Waals surface area contributed by atoms with Gasteiger partial charge in [0, 0.05) is 12.6 Å². The van der Waals surface area contributed by atoms with Crippen LogP contribution in [-0.2, 0) is 9.59 Å². The van der Waals surface area contributed by atoms with Crippen molar-refractivity contribution in [2.45, 2.75) is 19.4 Å². The van der Waals surface area contributed by atoms with Crippen LogP contribution in [0.5, 0.6) is 0 Å². The zero-order valence-corrected chi connectivity index (χ0v) is 15.2. The third kappa shape index (κ3) is 5.07. The Morgan fingerprint density at radius 3 is 2.78 bits per heavy atom. The maximum absolute atomic E-state index is 12.5. The molecule has 2 amide bonds. The lowest BCUT2D eigenvalue weighted by molar-refractivity contribution is -0.126. The second-order valence-electron chi connectivity index (χ2n) is 6.25. The first-order chi connectivity index (χ1) is 13.2. The van der Waals surface area contributed by atoms with E-state index >= 15 is 0 Å². The molecule has 0 spiro atoms. The number of nitrogens with zero attached hydrogens (tertiary/aromatic N) is 2. The summed E-state index contributed by atoms with van der Waals surface area (Å²) in [6.07, 6.45) is 8.13. The number of hydrogen-bond acceptors (Lipinski definition) is 4. The number of H-pyrrole nitrogens is 1. The summed E-state index contributed by atoms with van der Waals surface area (Å²) in [7, 11) is 0. The number of hydrogen-bond donors (Lipinski definition) is 3. The summed E-state index contributed by atoms with van der Waals surface area (Å²) in [5.74, 6) is -0.0503. The van der Waals surface area contributed by atoms with Gasteiger partial charge in [-0.2, -0.15) is 5.10 Å². The fraction of sp³-hybridized carbons (Fsp3) is 0.250. The molecule has 1 aromatic heterocycles. The van der Waals surface area contributed by atoms with E-state index in [-0.39, 0.29) is 18.4 Å². The van der Waals surface area contributed by atoms with Gasteiger partial charge in [-0.1, -0.05) is 49.4 Å². The number of amides is 2. The fourth-order valence-electron chi connectivity index (χ4n) is 2.77. The molecule has 1 atom stereocenters. The van der Waals surface area contributed by atoms with Crippen LogP contribution in [0.4, 0.5) is 5.82 Å². The summed E-state index contributed by atoms with van der Waals surface area (Å²) in [5.41, 5.74) is 1.79. The van der Waals surface area contributed by atoms with Crippen molar-refractivity contribution in [2.24, 2.45) is 0 Å². The van der Waals surface area contributed by atoms with Crippen LogP contribution in [-0.4, -0.2) is 46.0 Å². The van der Waals surface area contributed by atoms with Crippen LogP contribution in [0, 0.1) is 0 Å². The SMILES string of the molecule is CCC(NC(=O)CN1C=CC=CC1)C(=O)Nc1cc(-c2ccccc2)[nH]n1. The van der Waals surface area contributed by atoms with Crippen molar-refractivity contribution in [1.82, 2.24) is 20.4 Å². The molecule has 1 aliphatic heterocycles. The summed E-state index contributed by atoms with van der Waals surface area (Å²) in [6.45, 7) is 2.75. The summed E-state index contributed by atoms with van der Waals surface area (Å²) in [5, 5.41) is 12.6. The summed E-state index contributed by atoms with van der Waals surface area (Å²) >= 11 is 0. The van der Waals surface area contributed by atoms with Gasteiger partial charge in [0.1, 0.15) is 6.04 Å². The number of benzene rings is 1. The van der Waals surface area contributed by atoms with Crippen molar-refractivity contribution in [1.29, 1.82) is 0 Å². The zero-order chi connectivity index (χ0) is 19.1. The first-order valence-corrected chi connectivity index (χ1v) is 8.94. The molecule has 1 aliphatic rings. The van der Waals surface area contributed by atoms with Gasteiger partial charge in [0.15, 0.2) is 5.82 Å². The molecule has 3 N–H and O–H groups in total. The topological polar surface area (TPSA) is 90.1 Å². The molecule has 0 radical (unpaired) electrons. The lowest BCUT2D eigenvalue weighted by Crippen LogP contribution is -2.46. The second kappa shape index (κ2) is 8.84. The third-order valence-corrected chi connectivity index (χ3v) is 4.20. The van der Waals surface area contributed by atoms with Crippen LogP contribution < -0.4 is 10.6 Å². The van der Waals surface area contributed by atoms with Crippen LogP contribution in [0.25, 0.3) is 11.3 Å². The van der Waals surface area contributed by atoms with E-state index in [0.717, 1.165) is 11.3 Å². The van der Waals surface area contributed by atoms with Crippen molar-refractivity contribution in [2.75, 3.05) is 18.4 Å². The Balaban J connectivity index is 1.55. The highest BCUT2D eigenvalue weighted by Gasteiger charge is 2.20. The Kier molecular flexibility index (Phi) is 6.04. The Bertz CT molecular complexity index is 841. The Labute approximate surface area is 158 Å². The smallest absolute Gasteiger partial charge is 0.248 e. The van der Waals surface area contributed by atoms with Gasteiger partial charge in [0.2, 0.25) is 11.8 Å². The molecule has 0 fully saturated rings. The number of aromatic nitrogens is 2. The van der Waals surface area contributed by atoms with Gasteiger partial charge >= 0.3 is 0 Å². The standard InChI is InChI=1S/C20H23N5O2/c1-2-16(21-19(26)14-25-11-7-4-8-12-25)20(27)22-18-13-17(23-24-18)15-9-5-3-6-10-15/h3-11,13,16H,2,12,14H2,1H3,(H,21,26)(H2,22,23,24,27). The van der Waals surface area contributed by atoms with Crippen molar-refractivity contribution < 1.29 is 9.59 Å². The summed E-state index contributed by atoms with van der Waals surface area (Å²) in [6, 6.07) is 10.9. The second-order valence-corrected chi connectivity index (χ2v) is 6.25. The van der Waals surface area contributed by atoms with E-state index in [2.05, 4.69) is 20.8 Å². The molecule has 0 bridgehead atoms. The number of allylic oxidation sites excluding steroid dienone is 2. The molecule has 0 saturated carbocycles. The van der Waals surface area contributed by atoms with Crippen LogP contribution in [0.3, 0.4) is 0 Å². The van der Waals surface area contributed by atoms with Gasteiger partial charge in [-0.3, -0.25) is 14.7 Å². The third-order valence-electron chi connectivity index (χ3n) is 4.20. The van der Waals surface area contributed by atoms with Crippen LogP contribution in [0.1, 0.15) is 13.3 Å². The molecule has 2 aromatic rings.